The Balaban J connectivity index is 1.32. The maximum Gasteiger partial charge on any atom is 0.407 e. The van der Waals surface area contributed by atoms with Crippen LogP contribution in [-0.2, 0) is 19.2 Å². The molecule has 2 aliphatic heterocycles. The van der Waals surface area contributed by atoms with Gasteiger partial charge < -0.3 is 39.9 Å². The smallest absolute Gasteiger partial charge is 0.407 e. The van der Waals surface area contributed by atoms with Gasteiger partial charge in [0, 0.05) is 58.3 Å². The number of nitrogens with one attached hydrogen (secondary N) is 1. The Morgan fingerprint density at radius 2 is 1.73 bits per heavy atom. The van der Waals surface area contributed by atoms with Crippen LogP contribution in [0.15, 0.2) is 30.3 Å². The normalized spacial score (nSPS) is 18.3. The lowest BCUT2D eigenvalue weighted by Crippen LogP contribution is -2.55. The molecule has 3 heterocycles. The van der Waals surface area contributed by atoms with Gasteiger partial charge in [0.05, 0.1) is 5.69 Å². The molecular formula is C31H38FN7O9. The minimum Gasteiger partial charge on any atom is -0.481 e. The van der Waals surface area contributed by atoms with Crippen LogP contribution in [0.5, 0.6) is 5.88 Å². The summed E-state index contributed by atoms with van der Waals surface area (Å²) in [7, 11) is 1.74. The molecule has 17 heteroatoms. The molecule has 1 saturated carbocycles. The van der Waals surface area contributed by atoms with Crippen molar-refractivity contribution in [2.45, 2.75) is 56.7 Å². The second-order valence-corrected chi connectivity index (χ2v) is 12.0. The third-order valence-corrected chi connectivity index (χ3v) is 8.72. The van der Waals surface area contributed by atoms with Gasteiger partial charge in [0.2, 0.25) is 17.7 Å². The van der Waals surface area contributed by atoms with Crippen LogP contribution in [0.25, 0.3) is 5.69 Å². The molecular weight excluding hydrogens is 633 g/mol. The minimum absolute atomic E-state index is 0.0572. The number of halogens is 1. The van der Waals surface area contributed by atoms with Crippen molar-refractivity contribution in [2.24, 2.45) is 0 Å². The summed E-state index contributed by atoms with van der Waals surface area (Å²) >= 11 is 0. The van der Waals surface area contributed by atoms with Crippen LogP contribution < -0.4 is 10.1 Å². The first-order valence-electron chi connectivity index (χ1n) is 15.8. The number of carbonyl (C=O) groups excluding carboxylic acids is 4. The molecule has 5 amide bonds. The van der Waals surface area contributed by atoms with E-state index in [9.17, 15) is 43.4 Å². The monoisotopic (exact) mass is 671 g/mol. The predicted molar refractivity (Wildman–Crippen MR) is 164 cm³/mol. The molecule has 0 unspecified atom stereocenters. The quantitative estimate of drug-likeness (QED) is 0.290. The first-order chi connectivity index (χ1) is 22.9. The van der Waals surface area contributed by atoms with E-state index >= 15 is 0 Å². The molecule has 0 spiro atoms. The van der Waals surface area contributed by atoms with Crippen molar-refractivity contribution in [1.29, 1.82) is 0 Å². The molecule has 1 aromatic carbocycles. The van der Waals surface area contributed by atoms with Gasteiger partial charge in [-0.3, -0.25) is 24.0 Å². The summed E-state index contributed by atoms with van der Waals surface area (Å²) in [6, 6.07) is 4.81. The first-order valence-corrected chi connectivity index (χ1v) is 15.8. The molecule has 2 atom stereocenters. The third-order valence-electron chi connectivity index (χ3n) is 8.72. The Bertz CT molecular complexity index is 1570. The zero-order valence-electron chi connectivity index (χ0n) is 26.4. The number of aromatic nitrogens is 2. The Morgan fingerprint density at radius 3 is 2.38 bits per heavy atom. The molecule has 1 aromatic heterocycles. The minimum atomic E-state index is -1.27. The number of benzene rings is 1. The summed E-state index contributed by atoms with van der Waals surface area (Å²) in [4.78, 5) is 81.4. The number of ether oxygens (including phenoxy) is 1. The Morgan fingerprint density at radius 1 is 1.02 bits per heavy atom. The molecule has 3 N–H and O–H groups in total. The van der Waals surface area contributed by atoms with E-state index in [0.29, 0.717) is 19.4 Å². The number of aliphatic carboxylic acids is 1. The molecule has 2 aromatic rings. The van der Waals surface area contributed by atoms with Crippen LogP contribution in [0.2, 0.25) is 0 Å². The fourth-order valence-corrected chi connectivity index (χ4v) is 5.88. The third kappa shape index (κ3) is 8.01. The van der Waals surface area contributed by atoms with E-state index in [1.807, 2.05) is 0 Å². The summed E-state index contributed by atoms with van der Waals surface area (Å²) in [5.74, 6) is -3.88. The van der Waals surface area contributed by atoms with E-state index in [0.717, 1.165) is 28.5 Å². The molecule has 5 rings (SSSR count). The highest BCUT2D eigenvalue weighted by molar-refractivity contribution is 5.96. The zero-order chi connectivity index (χ0) is 34.5. The summed E-state index contributed by atoms with van der Waals surface area (Å²) in [5.41, 5.74) is -0.0857. The second kappa shape index (κ2) is 14.7. The number of nitrogens with zero attached hydrogens (tertiary/aromatic N) is 6. The van der Waals surface area contributed by atoms with Gasteiger partial charge in [0.1, 0.15) is 17.9 Å². The average Bonchev–Trinajstić information content (AvgIpc) is 3.64. The highest BCUT2D eigenvalue weighted by Gasteiger charge is 2.40. The van der Waals surface area contributed by atoms with Gasteiger partial charge in [-0.2, -0.15) is 5.10 Å². The van der Waals surface area contributed by atoms with Crippen molar-refractivity contribution in [3.05, 3.63) is 41.8 Å². The van der Waals surface area contributed by atoms with Crippen LogP contribution in [0, 0.1) is 5.82 Å². The highest BCUT2D eigenvalue weighted by atomic mass is 19.1. The highest BCUT2D eigenvalue weighted by Crippen LogP contribution is 2.29. The SMILES string of the molecule is CN(C(=O)[C@@H]1CCCN1C(=O)COc1cc(C(=O)N[C@@H](CCC(=O)O)C(=O)N2CCN(C(=O)O)CC2)nn1-c1cccc(F)c1)C1CC1. The van der Waals surface area contributed by atoms with Crippen LogP contribution in [-0.4, -0.2) is 140 Å². The molecule has 1 aliphatic carbocycles. The van der Waals surface area contributed by atoms with Crippen LogP contribution in [0.3, 0.4) is 0 Å². The van der Waals surface area contributed by atoms with Crippen LogP contribution in [0.1, 0.15) is 49.0 Å². The van der Waals surface area contributed by atoms with Gasteiger partial charge in [-0.25, -0.2) is 13.9 Å². The molecule has 2 saturated heterocycles. The second-order valence-electron chi connectivity index (χ2n) is 12.0. The molecule has 258 valence electrons. The number of amides is 5. The van der Waals surface area contributed by atoms with Gasteiger partial charge in [0.25, 0.3) is 11.8 Å². The molecule has 3 fully saturated rings. The van der Waals surface area contributed by atoms with E-state index in [1.165, 1.54) is 34.1 Å². The largest absolute Gasteiger partial charge is 0.481 e. The van der Waals surface area contributed by atoms with Gasteiger partial charge >= 0.3 is 12.1 Å². The Labute approximate surface area is 275 Å². The van der Waals surface area contributed by atoms with E-state index in [-0.39, 0.29) is 61.8 Å². The van der Waals surface area contributed by atoms with Gasteiger partial charge in [-0.15, -0.1) is 0 Å². The number of carboxylic acid groups (broad SMARTS) is 2. The summed E-state index contributed by atoms with van der Waals surface area (Å²) in [5, 5.41) is 25.2. The standard InChI is InChI=1S/C31H38FN7O9/c1-35(20-7-8-20)30(45)24-6-3-11-38(24)25(40)18-48-26-17-23(34-39(26)21-5-2-4-19(32)16-21)28(43)33-22(9-10-27(41)42)29(44)36-12-14-37(15-13-36)31(46)47/h2,4-5,16-17,20,22,24H,3,6-15,18H2,1H3,(H,33,43)(H,41,42)(H,46,47)/t22-,24-/m0/s1. The number of likely N-dealkylation sites (tertiary alicyclic amines) is 1. The lowest BCUT2D eigenvalue weighted by molar-refractivity contribution is -0.144. The summed E-state index contributed by atoms with van der Waals surface area (Å²) in [6.45, 7) is 0.117. The van der Waals surface area contributed by atoms with Gasteiger partial charge in [-0.05, 0) is 50.3 Å². The molecule has 16 nitrogen and oxygen atoms in total. The number of rotatable bonds is 12. The number of hydrogen-bond donors (Lipinski definition) is 3. The maximum atomic E-state index is 14.2. The fourth-order valence-electron chi connectivity index (χ4n) is 5.88. The number of hydrogen-bond acceptors (Lipinski definition) is 8. The molecule has 0 radical (unpaired) electrons. The summed E-state index contributed by atoms with van der Waals surface area (Å²) in [6.07, 6.45) is 1.26. The number of likely N-dealkylation sites (N-methyl/N-ethyl adjacent to an activating group) is 1. The lowest BCUT2D eigenvalue weighted by atomic mass is 10.1. The summed E-state index contributed by atoms with van der Waals surface area (Å²) < 4.78 is 21.1. The van der Waals surface area contributed by atoms with Gasteiger partial charge in [-0.1, -0.05) is 6.07 Å². The number of carbonyl (C=O) groups is 6. The zero-order valence-corrected chi connectivity index (χ0v) is 26.4. The van der Waals surface area contributed by atoms with Crippen molar-refractivity contribution in [3.8, 4) is 11.6 Å². The van der Waals surface area contributed by atoms with E-state index < -0.39 is 60.7 Å². The first kappa shape index (κ1) is 34.1. The molecule has 48 heavy (non-hydrogen) atoms. The van der Waals surface area contributed by atoms with Crippen molar-refractivity contribution < 1.29 is 48.1 Å². The maximum absolute atomic E-state index is 14.2. The molecule has 3 aliphatic rings. The average molecular weight is 672 g/mol. The number of carboxylic acids is 1. The topological polar surface area (TPSA) is 195 Å². The van der Waals surface area contributed by atoms with E-state index in [2.05, 4.69) is 10.4 Å². The van der Waals surface area contributed by atoms with Crippen LogP contribution >= 0.6 is 0 Å². The Hall–Kier alpha value is -5.22. The number of piperazine rings is 1. The van der Waals surface area contributed by atoms with Crippen molar-refractivity contribution in [2.75, 3.05) is 46.4 Å². The van der Waals surface area contributed by atoms with Crippen molar-refractivity contribution >= 4 is 35.7 Å². The van der Waals surface area contributed by atoms with Gasteiger partial charge in [0.15, 0.2) is 12.3 Å². The molecule has 0 bridgehead atoms. The van der Waals surface area contributed by atoms with E-state index in [4.69, 9.17) is 4.74 Å². The fraction of sp³-hybridized carbons (Fsp3) is 0.516. The van der Waals surface area contributed by atoms with Crippen LogP contribution in [0.4, 0.5) is 9.18 Å². The van der Waals surface area contributed by atoms with Crippen molar-refractivity contribution in [1.82, 2.24) is 34.7 Å². The predicted octanol–water partition coefficient (Wildman–Crippen LogP) is 0.787. The Kier molecular flexibility index (Phi) is 10.4. The lowest BCUT2D eigenvalue weighted by Gasteiger charge is -2.35. The van der Waals surface area contributed by atoms with Crippen molar-refractivity contribution in [3.63, 3.8) is 0 Å². The van der Waals surface area contributed by atoms with E-state index in [1.54, 1.807) is 11.9 Å².